The van der Waals surface area contributed by atoms with Crippen molar-refractivity contribution in [2.24, 2.45) is 0 Å². The third-order valence-electron chi connectivity index (χ3n) is 4.28. The number of hydrogen-bond acceptors (Lipinski definition) is 3. The molecule has 2 aliphatic heterocycles. The first kappa shape index (κ1) is 13.1. The van der Waals surface area contributed by atoms with Gasteiger partial charge >= 0.3 is 0 Å². The van der Waals surface area contributed by atoms with Crippen molar-refractivity contribution < 1.29 is 4.79 Å². The number of anilines is 1. The number of aldehydes is 1. The number of halogens is 1. The molecule has 1 unspecified atom stereocenters. The van der Waals surface area contributed by atoms with Gasteiger partial charge in [-0.1, -0.05) is 15.9 Å². The third kappa shape index (κ3) is 2.70. The van der Waals surface area contributed by atoms with E-state index in [2.05, 4.69) is 31.8 Å². The third-order valence-corrected chi connectivity index (χ3v) is 4.77. The molecule has 0 N–H and O–H groups in total. The molecule has 0 amide bonds. The Hall–Kier alpha value is -0.870. The lowest BCUT2D eigenvalue weighted by Crippen LogP contribution is -2.35. The van der Waals surface area contributed by atoms with Crippen LogP contribution in [0.2, 0.25) is 0 Å². The molecule has 4 heteroatoms. The summed E-state index contributed by atoms with van der Waals surface area (Å²) in [6.07, 6.45) is 4.86. The van der Waals surface area contributed by atoms with Gasteiger partial charge in [0.05, 0.1) is 0 Å². The summed E-state index contributed by atoms with van der Waals surface area (Å²) >= 11 is 3.43. The molecule has 1 aromatic carbocycles. The first-order valence-corrected chi connectivity index (χ1v) is 7.81. The molecule has 2 heterocycles. The van der Waals surface area contributed by atoms with Crippen molar-refractivity contribution in [1.29, 1.82) is 0 Å². The van der Waals surface area contributed by atoms with E-state index in [1.807, 2.05) is 12.1 Å². The van der Waals surface area contributed by atoms with Crippen LogP contribution in [0.4, 0.5) is 5.69 Å². The van der Waals surface area contributed by atoms with Gasteiger partial charge in [0.15, 0.2) is 6.29 Å². The minimum absolute atomic E-state index is 0.672. The maximum absolute atomic E-state index is 11.2. The van der Waals surface area contributed by atoms with E-state index in [0.717, 1.165) is 35.1 Å². The van der Waals surface area contributed by atoms with Crippen molar-refractivity contribution in [3.8, 4) is 0 Å². The largest absolute Gasteiger partial charge is 0.369 e. The highest BCUT2D eigenvalue weighted by atomic mass is 79.9. The monoisotopic (exact) mass is 322 g/mol. The molecule has 2 aliphatic rings. The van der Waals surface area contributed by atoms with Gasteiger partial charge in [-0.15, -0.1) is 0 Å². The summed E-state index contributed by atoms with van der Waals surface area (Å²) in [5.41, 5.74) is 1.87. The van der Waals surface area contributed by atoms with Gasteiger partial charge in [-0.3, -0.25) is 9.69 Å². The minimum Gasteiger partial charge on any atom is -0.369 e. The molecule has 0 spiro atoms. The van der Waals surface area contributed by atoms with Crippen molar-refractivity contribution >= 4 is 27.9 Å². The molecular weight excluding hydrogens is 304 g/mol. The molecule has 0 aliphatic carbocycles. The zero-order valence-electron chi connectivity index (χ0n) is 11.0. The topological polar surface area (TPSA) is 23.6 Å². The van der Waals surface area contributed by atoms with Gasteiger partial charge in [0.2, 0.25) is 0 Å². The van der Waals surface area contributed by atoms with Crippen LogP contribution in [0, 0.1) is 0 Å². The molecule has 3 rings (SSSR count). The fourth-order valence-electron chi connectivity index (χ4n) is 3.27. The zero-order valence-corrected chi connectivity index (χ0v) is 12.6. The summed E-state index contributed by atoms with van der Waals surface area (Å²) in [7, 11) is 0. The second-order valence-corrected chi connectivity index (χ2v) is 6.37. The van der Waals surface area contributed by atoms with Gasteiger partial charge in [-0.05, 0) is 50.6 Å². The standard InChI is InChI=1S/C15H19BrN2O/c16-13-3-4-15(12(9-13)11-19)18-8-5-14(10-18)17-6-1-2-7-17/h3-4,9,11,14H,1-2,5-8,10H2. The smallest absolute Gasteiger partial charge is 0.152 e. The highest BCUT2D eigenvalue weighted by molar-refractivity contribution is 9.10. The van der Waals surface area contributed by atoms with Crippen LogP contribution in [0.3, 0.4) is 0 Å². The van der Waals surface area contributed by atoms with Crippen molar-refractivity contribution in [2.75, 3.05) is 31.1 Å². The number of likely N-dealkylation sites (tertiary alicyclic amines) is 1. The second-order valence-electron chi connectivity index (χ2n) is 5.45. The molecule has 0 bridgehead atoms. The van der Waals surface area contributed by atoms with Crippen LogP contribution < -0.4 is 4.90 Å². The number of carbonyl (C=O) groups is 1. The highest BCUT2D eigenvalue weighted by Gasteiger charge is 2.30. The Kier molecular flexibility index (Phi) is 3.89. The van der Waals surface area contributed by atoms with Crippen molar-refractivity contribution in [2.45, 2.75) is 25.3 Å². The Morgan fingerprint density at radius 3 is 2.74 bits per heavy atom. The van der Waals surface area contributed by atoms with E-state index < -0.39 is 0 Å². The van der Waals surface area contributed by atoms with E-state index in [4.69, 9.17) is 0 Å². The quantitative estimate of drug-likeness (QED) is 0.799. The SMILES string of the molecule is O=Cc1cc(Br)ccc1N1CCC(N2CCCC2)C1. The molecule has 3 nitrogen and oxygen atoms in total. The average Bonchev–Trinajstić information content (AvgIpc) is 3.09. The number of nitrogens with zero attached hydrogens (tertiary/aromatic N) is 2. The number of hydrogen-bond donors (Lipinski definition) is 0. The molecular formula is C15H19BrN2O. The minimum atomic E-state index is 0.672. The Labute approximate surface area is 122 Å². The van der Waals surface area contributed by atoms with Crippen molar-refractivity contribution in [1.82, 2.24) is 4.90 Å². The van der Waals surface area contributed by atoms with E-state index in [-0.39, 0.29) is 0 Å². The molecule has 2 saturated heterocycles. The van der Waals surface area contributed by atoms with Crippen LogP contribution in [0.25, 0.3) is 0 Å². The van der Waals surface area contributed by atoms with E-state index in [1.165, 1.54) is 32.4 Å². The summed E-state index contributed by atoms with van der Waals surface area (Å²) in [5.74, 6) is 0. The molecule has 19 heavy (non-hydrogen) atoms. The Morgan fingerprint density at radius 2 is 2.00 bits per heavy atom. The predicted octanol–water partition coefficient (Wildman–Crippen LogP) is 2.94. The van der Waals surface area contributed by atoms with E-state index in [9.17, 15) is 4.79 Å². The lowest BCUT2D eigenvalue weighted by Gasteiger charge is -2.25. The molecule has 102 valence electrons. The van der Waals surface area contributed by atoms with Crippen molar-refractivity contribution in [3.63, 3.8) is 0 Å². The van der Waals surface area contributed by atoms with Crippen LogP contribution in [-0.2, 0) is 0 Å². The Morgan fingerprint density at radius 1 is 1.21 bits per heavy atom. The summed E-state index contributed by atoms with van der Waals surface area (Å²) in [6, 6.07) is 6.66. The molecule has 0 aromatic heterocycles. The first-order chi connectivity index (χ1) is 9.28. The van der Waals surface area contributed by atoms with Crippen molar-refractivity contribution in [3.05, 3.63) is 28.2 Å². The van der Waals surface area contributed by atoms with Crippen LogP contribution >= 0.6 is 15.9 Å². The van der Waals surface area contributed by atoms with Gasteiger partial charge < -0.3 is 4.90 Å². The summed E-state index contributed by atoms with van der Waals surface area (Å²) in [5, 5.41) is 0. The Bertz CT molecular complexity index is 471. The van der Waals surface area contributed by atoms with E-state index in [0.29, 0.717) is 6.04 Å². The van der Waals surface area contributed by atoms with Gasteiger partial charge in [-0.25, -0.2) is 0 Å². The predicted molar refractivity (Wildman–Crippen MR) is 81.0 cm³/mol. The molecule has 1 atom stereocenters. The Balaban J connectivity index is 1.75. The fourth-order valence-corrected chi connectivity index (χ4v) is 3.65. The van der Waals surface area contributed by atoms with Gasteiger partial charge in [0.25, 0.3) is 0 Å². The maximum Gasteiger partial charge on any atom is 0.152 e. The lowest BCUT2D eigenvalue weighted by molar-refractivity contribution is 0.112. The van der Waals surface area contributed by atoms with Crippen LogP contribution in [0.15, 0.2) is 22.7 Å². The van der Waals surface area contributed by atoms with Crippen LogP contribution in [0.1, 0.15) is 29.6 Å². The maximum atomic E-state index is 11.2. The number of carbonyl (C=O) groups excluding carboxylic acids is 1. The average molecular weight is 323 g/mol. The zero-order chi connectivity index (χ0) is 13.2. The summed E-state index contributed by atoms with van der Waals surface area (Å²) in [4.78, 5) is 16.2. The van der Waals surface area contributed by atoms with E-state index >= 15 is 0 Å². The number of rotatable bonds is 3. The second kappa shape index (κ2) is 5.63. The molecule has 0 saturated carbocycles. The summed E-state index contributed by atoms with van der Waals surface area (Å²) in [6.45, 7) is 4.62. The van der Waals surface area contributed by atoms with Crippen LogP contribution in [-0.4, -0.2) is 43.4 Å². The fraction of sp³-hybridized carbons (Fsp3) is 0.533. The van der Waals surface area contributed by atoms with Gasteiger partial charge in [0.1, 0.15) is 0 Å². The molecule has 1 aromatic rings. The van der Waals surface area contributed by atoms with Crippen LogP contribution in [0.5, 0.6) is 0 Å². The molecule has 2 fully saturated rings. The normalized spacial score (nSPS) is 24.1. The highest BCUT2D eigenvalue weighted by Crippen LogP contribution is 2.29. The first-order valence-electron chi connectivity index (χ1n) is 7.01. The van der Waals surface area contributed by atoms with Gasteiger partial charge in [0, 0.05) is 34.9 Å². The van der Waals surface area contributed by atoms with E-state index in [1.54, 1.807) is 0 Å². The van der Waals surface area contributed by atoms with Gasteiger partial charge in [-0.2, -0.15) is 0 Å². The lowest BCUT2D eigenvalue weighted by atomic mass is 10.2. The number of benzene rings is 1. The molecule has 0 radical (unpaired) electrons. The summed E-state index contributed by atoms with van der Waals surface area (Å²) < 4.78 is 0.966.